The van der Waals surface area contributed by atoms with E-state index < -0.39 is 0 Å². The van der Waals surface area contributed by atoms with E-state index in [1.54, 1.807) is 0 Å². The molecule has 0 radical (unpaired) electrons. The van der Waals surface area contributed by atoms with E-state index in [1.807, 2.05) is 6.07 Å². The first-order chi connectivity index (χ1) is 6.18. The summed E-state index contributed by atoms with van der Waals surface area (Å²) in [6.07, 6.45) is 2.43. The minimum atomic E-state index is -0.0331. The van der Waals surface area contributed by atoms with Crippen LogP contribution in [0.15, 0.2) is 12.1 Å². The first-order valence-corrected chi connectivity index (χ1v) is 4.46. The van der Waals surface area contributed by atoms with Crippen LogP contribution < -0.4 is 5.73 Å². The predicted molar refractivity (Wildman–Crippen MR) is 49.8 cm³/mol. The molecule has 2 rings (SSSR count). The summed E-state index contributed by atoms with van der Waals surface area (Å²) in [7, 11) is 0. The monoisotopic (exact) mass is 179 g/mol. The summed E-state index contributed by atoms with van der Waals surface area (Å²) in [6, 6.07) is 3.55. The fraction of sp³-hybridized carbons (Fsp3) is 0.400. The number of rotatable bonds is 0. The van der Waals surface area contributed by atoms with Crippen LogP contribution in [-0.2, 0) is 12.8 Å². The molecular weight excluding hydrogens is 166 g/mol. The predicted octanol–water partition coefficient (Wildman–Crippen LogP) is 0.914. The van der Waals surface area contributed by atoms with Gasteiger partial charge in [0.15, 0.2) is 11.5 Å². The van der Waals surface area contributed by atoms with Crippen molar-refractivity contribution >= 4 is 0 Å². The van der Waals surface area contributed by atoms with Gasteiger partial charge in [0.2, 0.25) is 0 Å². The average molecular weight is 179 g/mol. The zero-order valence-electron chi connectivity index (χ0n) is 7.33. The van der Waals surface area contributed by atoms with Gasteiger partial charge in [-0.1, -0.05) is 6.07 Å². The minimum absolute atomic E-state index is 0.0319. The van der Waals surface area contributed by atoms with E-state index in [2.05, 4.69) is 0 Å². The summed E-state index contributed by atoms with van der Waals surface area (Å²) < 4.78 is 0. The van der Waals surface area contributed by atoms with Gasteiger partial charge in [-0.25, -0.2) is 0 Å². The smallest absolute Gasteiger partial charge is 0.160 e. The summed E-state index contributed by atoms with van der Waals surface area (Å²) in [5, 5.41) is 18.8. The van der Waals surface area contributed by atoms with Crippen LogP contribution in [0.2, 0.25) is 0 Å². The molecule has 0 bridgehead atoms. The molecule has 1 atom stereocenters. The normalized spacial score (nSPS) is 21.2. The fourth-order valence-electron chi connectivity index (χ4n) is 1.85. The van der Waals surface area contributed by atoms with E-state index in [-0.39, 0.29) is 17.5 Å². The fourth-order valence-corrected chi connectivity index (χ4v) is 1.85. The molecule has 13 heavy (non-hydrogen) atoms. The number of phenols is 2. The Morgan fingerprint density at radius 1 is 1.31 bits per heavy atom. The summed E-state index contributed by atoms with van der Waals surface area (Å²) >= 11 is 0. The number of phenolic OH excluding ortho intramolecular Hbond substituents is 2. The highest BCUT2D eigenvalue weighted by Gasteiger charge is 2.19. The molecule has 1 aromatic carbocycles. The molecule has 70 valence electrons. The summed E-state index contributed by atoms with van der Waals surface area (Å²) in [5.74, 6) is -0.00128. The molecule has 1 aliphatic rings. The van der Waals surface area contributed by atoms with E-state index in [0.717, 1.165) is 30.4 Å². The summed E-state index contributed by atoms with van der Waals surface area (Å²) in [5.41, 5.74) is 7.72. The summed E-state index contributed by atoms with van der Waals surface area (Å²) in [4.78, 5) is 0. The molecule has 3 heteroatoms. The van der Waals surface area contributed by atoms with Crippen LogP contribution >= 0.6 is 0 Å². The van der Waals surface area contributed by atoms with Crippen molar-refractivity contribution in [2.24, 2.45) is 5.73 Å². The van der Waals surface area contributed by atoms with Crippen molar-refractivity contribution in [1.29, 1.82) is 0 Å². The van der Waals surface area contributed by atoms with Gasteiger partial charge in [0, 0.05) is 11.6 Å². The van der Waals surface area contributed by atoms with Gasteiger partial charge in [-0.3, -0.25) is 0 Å². The number of benzene rings is 1. The molecule has 0 unspecified atom stereocenters. The minimum Gasteiger partial charge on any atom is -0.504 e. The third-order valence-corrected chi connectivity index (χ3v) is 2.61. The number of hydrogen-bond acceptors (Lipinski definition) is 3. The molecule has 0 aromatic heterocycles. The maximum absolute atomic E-state index is 9.54. The molecule has 3 nitrogen and oxygen atoms in total. The van der Waals surface area contributed by atoms with Crippen molar-refractivity contribution < 1.29 is 10.2 Å². The van der Waals surface area contributed by atoms with Crippen LogP contribution in [0, 0.1) is 0 Å². The van der Waals surface area contributed by atoms with Crippen molar-refractivity contribution in [1.82, 2.24) is 0 Å². The Morgan fingerprint density at radius 3 is 2.85 bits per heavy atom. The lowest BCUT2D eigenvalue weighted by molar-refractivity contribution is 0.394. The Bertz CT molecular complexity index is 336. The van der Waals surface area contributed by atoms with Gasteiger partial charge in [-0.05, 0) is 30.9 Å². The lowest BCUT2D eigenvalue weighted by Crippen LogP contribution is -2.27. The molecule has 4 N–H and O–H groups in total. The summed E-state index contributed by atoms with van der Waals surface area (Å²) in [6.45, 7) is 0. The zero-order chi connectivity index (χ0) is 9.42. The number of fused-ring (bicyclic) bond motifs is 1. The maximum atomic E-state index is 9.54. The molecule has 1 aromatic rings. The molecule has 0 spiro atoms. The van der Waals surface area contributed by atoms with Crippen molar-refractivity contribution in [2.75, 3.05) is 0 Å². The van der Waals surface area contributed by atoms with Crippen LogP contribution in [-0.4, -0.2) is 16.3 Å². The standard InChI is InChI=1S/C10H13NO2/c11-7-2-3-8-6(5-7)1-4-9(12)10(8)13/h1,4,7,12-13H,2-3,5,11H2/t7-/m1/s1. The maximum Gasteiger partial charge on any atom is 0.160 e. The van der Waals surface area contributed by atoms with Crippen molar-refractivity contribution in [2.45, 2.75) is 25.3 Å². The van der Waals surface area contributed by atoms with E-state index in [1.165, 1.54) is 6.07 Å². The SMILES string of the molecule is N[C@@H]1CCc2c(ccc(O)c2O)C1. The first kappa shape index (κ1) is 8.38. The van der Waals surface area contributed by atoms with Gasteiger partial charge >= 0.3 is 0 Å². The molecular formula is C10H13NO2. The lowest BCUT2D eigenvalue weighted by Gasteiger charge is -2.22. The van der Waals surface area contributed by atoms with Gasteiger partial charge < -0.3 is 15.9 Å². The molecule has 0 saturated heterocycles. The highest BCUT2D eigenvalue weighted by atomic mass is 16.3. The van der Waals surface area contributed by atoms with Gasteiger partial charge in [0.1, 0.15) is 0 Å². The molecule has 0 fully saturated rings. The van der Waals surface area contributed by atoms with Gasteiger partial charge in [0.25, 0.3) is 0 Å². The molecule has 0 heterocycles. The quantitative estimate of drug-likeness (QED) is 0.519. The van der Waals surface area contributed by atoms with Crippen LogP contribution in [0.25, 0.3) is 0 Å². The number of aromatic hydroxyl groups is 2. The van der Waals surface area contributed by atoms with Crippen LogP contribution in [0.3, 0.4) is 0 Å². The molecule has 0 amide bonds. The molecule has 0 aliphatic heterocycles. The highest BCUT2D eigenvalue weighted by Crippen LogP contribution is 2.35. The second-order valence-corrected chi connectivity index (χ2v) is 3.57. The largest absolute Gasteiger partial charge is 0.504 e. The van der Waals surface area contributed by atoms with Crippen LogP contribution in [0.4, 0.5) is 0 Å². The lowest BCUT2D eigenvalue weighted by atomic mass is 9.88. The molecule has 1 aliphatic carbocycles. The van der Waals surface area contributed by atoms with Gasteiger partial charge in [-0.15, -0.1) is 0 Å². The Kier molecular flexibility index (Phi) is 1.88. The highest BCUT2D eigenvalue weighted by molar-refractivity contribution is 5.50. The Balaban J connectivity index is 2.47. The first-order valence-electron chi connectivity index (χ1n) is 4.46. The van der Waals surface area contributed by atoms with Crippen molar-refractivity contribution in [3.63, 3.8) is 0 Å². The van der Waals surface area contributed by atoms with Crippen molar-refractivity contribution in [3.8, 4) is 11.5 Å². The third kappa shape index (κ3) is 1.35. The average Bonchev–Trinajstić information content (AvgIpc) is 2.12. The second-order valence-electron chi connectivity index (χ2n) is 3.57. The number of nitrogens with two attached hydrogens (primary N) is 1. The van der Waals surface area contributed by atoms with E-state index in [0.29, 0.717) is 0 Å². The number of hydrogen-bond donors (Lipinski definition) is 3. The van der Waals surface area contributed by atoms with Gasteiger partial charge in [-0.2, -0.15) is 0 Å². The van der Waals surface area contributed by atoms with Crippen LogP contribution in [0.5, 0.6) is 11.5 Å². The van der Waals surface area contributed by atoms with E-state index >= 15 is 0 Å². The topological polar surface area (TPSA) is 66.5 Å². The Hall–Kier alpha value is -1.22. The molecule has 0 saturated carbocycles. The Morgan fingerprint density at radius 2 is 2.08 bits per heavy atom. The van der Waals surface area contributed by atoms with Crippen molar-refractivity contribution in [3.05, 3.63) is 23.3 Å². The van der Waals surface area contributed by atoms with Crippen LogP contribution in [0.1, 0.15) is 17.5 Å². The third-order valence-electron chi connectivity index (χ3n) is 2.61. The zero-order valence-corrected chi connectivity index (χ0v) is 7.33. The van der Waals surface area contributed by atoms with Gasteiger partial charge in [0.05, 0.1) is 0 Å². The Labute approximate surface area is 76.8 Å². The van der Waals surface area contributed by atoms with E-state index in [9.17, 15) is 10.2 Å². The van der Waals surface area contributed by atoms with E-state index in [4.69, 9.17) is 5.73 Å². The second kappa shape index (κ2) is 2.92.